The molecule has 0 spiro atoms. The van der Waals surface area contributed by atoms with E-state index in [0.29, 0.717) is 18.0 Å². The van der Waals surface area contributed by atoms with Crippen LogP contribution in [0.4, 0.5) is 13.2 Å². The van der Waals surface area contributed by atoms with Crippen LogP contribution in [0.5, 0.6) is 0 Å². The van der Waals surface area contributed by atoms with Crippen LogP contribution in [0.25, 0.3) is 5.70 Å². The van der Waals surface area contributed by atoms with Crippen molar-refractivity contribution in [1.29, 1.82) is 0 Å². The first-order valence-corrected chi connectivity index (χ1v) is 11.0. The average molecular weight is 431 g/mol. The van der Waals surface area contributed by atoms with Gasteiger partial charge < -0.3 is 10.0 Å². The van der Waals surface area contributed by atoms with Crippen LogP contribution >= 0.6 is 0 Å². The number of aliphatic hydroxyl groups is 1. The summed E-state index contributed by atoms with van der Waals surface area (Å²) in [7, 11) is 0. The van der Waals surface area contributed by atoms with Gasteiger partial charge in [0.15, 0.2) is 5.60 Å². The Kier molecular flexibility index (Phi) is 5.86. The van der Waals surface area contributed by atoms with Crippen molar-refractivity contribution >= 4 is 5.70 Å². The third-order valence-electron chi connectivity index (χ3n) is 6.78. The van der Waals surface area contributed by atoms with E-state index in [1.807, 2.05) is 18.3 Å². The van der Waals surface area contributed by atoms with Crippen LogP contribution in [0.15, 0.2) is 55.2 Å². The Labute approximate surface area is 181 Å². The fraction of sp³-hybridized carbons (Fsp3) is 0.480. The number of alkyl halides is 3. The number of nitrogens with zero attached hydrogens (tertiary/aromatic N) is 2. The molecule has 3 nitrogen and oxygen atoms in total. The van der Waals surface area contributed by atoms with E-state index >= 15 is 0 Å². The van der Waals surface area contributed by atoms with Gasteiger partial charge >= 0.3 is 6.18 Å². The van der Waals surface area contributed by atoms with Gasteiger partial charge in [-0.3, -0.25) is 4.98 Å². The van der Waals surface area contributed by atoms with Crippen molar-refractivity contribution in [2.24, 2.45) is 0 Å². The van der Waals surface area contributed by atoms with Crippen molar-refractivity contribution in [1.82, 2.24) is 9.88 Å². The summed E-state index contributed by atoms with van der Waals surface area (Å²) < 4.78 is 39.4. The van der Waals surface area contributed by atoms with Gasteiger partial charge in [0.2, 0.25) is 0 Å². The largest absolute Gasteiger partial charge is 0.421 e. The maximum Gasteiger partial charge on any atom is 0.421 e. The fourth-order valence-electron chi connectivity index (χ4n) is 4.66. The Hall–Kier alpha value is -2.34. The van der Waals surface area contributed by atoms with E-state index < -0.39 is 11.8 Å². The van der Waals surface area contributed by atoms with E-state index in [1.54, 1.807) is 12.1 Å². The molecule has 1 aromatic heterocycles. The quantitative estimate of drug-likeness (QED) is 0.609. The van der Waals surface area contributed by atoms with Crippen molar-refractivity contribution in [2.45, 2.75) is 75.2 Å². The Balaban J connectivity index is 1.46. The molecule has 6 heteroatoms. The summed E-state index contributed by atoms with van der Waals surface area (Å²) in [5, 5.41) is 9.92. The minimum absolute atomic E-state index is 0.162. The van der Waals surface area contributed by atoms with Gasteiger partial charge in [-0.2, -0.15) is 13.2 Å². The summed E-state index contributed by atoms with van der Waals surface area (Å²) in [6.45, 7) is 5.09. The maximum absolute atomic E-state index is 13.1. The van der Waals surface area contributed by atoms with Gasteiger partial charge in [-0.1, -0.05) is 36.9 Å². The molecule has 0 bridgehead atoms. The Bertz CT molecular complexity index is 897. The Morgan fingerprint density at radius 2 is 1.55 bits per heavy atom. The van der Waals surface area contributed by atoms with Crippen LogP contribution in [0.2, 0.25) is 0 Å². The highest BCUT2D eigenvalue weighted by Gasteiger charge is 2.51. The molecule has 31 heavy (non-hydrogen) atoms. The second-order valence-electron chi connectivity index (χ2n) is 8.99. The van der Waals surface area contributed by atoms with Gasteiger partial charge in [0.1, 0.15) is 0 Å². The van der Waals surface area contributed by atoms with Gasteiger partial charge in [-0.15, -0.1) is 0 Å². The van der Waals surface area contributed by atoms with Crippen molar-refractivity contribution in [2.75, 3.05) is 0 Å². The molecule has 0 unspecified atom stereocenters. The van der Waals surface area contributed by atoms with E-state index in [4.69, 9.17) is 0 Å². The predicted molar refractivity (Wildman–Crippen MR) is 115 cm³/mol. The molecule has 2 fully saturated rings. The molecule has 2 saturated carbocycles. The molecule has 2 aromatic rings. The lowest BCUT2D eigenvalue weighted by molar-refractivity contribution is -0.258. The molecule has 4 rings (SSSR count). The summed E-state index contributed by atoms with van der Waals surface area (Å²) in [6, 6.07) is 12.9. The predicted octanol–water partition coefficient (Wildman–Crippen LogP) is 6.01. The van der Waals surface area contributed by atoms with Crippen molar-refractivity contribution in [3.63, 3.8) is 0 Å². The first-order valence-electron chi connectivity index (χ1n) is 11.0. The molecule has 2 aliphatic rings. The highest BCUT2D eigenvalue weighted by Crippen LogP contribution is 2.43. The van der Waals surface area contributed by atoms with Gasteiger partial charge in [0, 0.05) is 35.6 Å². The molecular weight excluding hydrogens is 401 g/mol. The molecule has 1 heterocycles. The molecule has 0 amide bonds. The number of hydrogen-bond acceptors (Lipinski definition) is 3. The molecule has 0 aliphatic heterocycles. The standard InChI is InChI=1S/C25H29F3N2O/c1-17(18-6-10-20(11-7-18)24(2,31)25(26,27)28)30(22-14-15-22)21-12-8-19(9-13-21)23-5-3-4-16-29-23/h3-7,10-11,16,19,21-22,31H,1,8-9,12-15H2,2H3/t19?,21?,24-/m1/s1. The third kappa shape index (κ3) is 4.49. The molecular formula is C25H29F3N2O. The van der Waals surface area contributed by atoms with Gasteiger partial charge in [0.05, 0.1) is 0 Å². The highest BCUT2D eigenvalue weighted by atomic mass is 19.4. The number of aromatic nitrogens is 1. The van der Waals surface area contributed by atoms with Crippen LogP contribution in [0.1, 0.15) is 68.2 Å². The molecule has 2 aliphatic carbocycles. The molecule has 0 saturated heterocycles. The van der Waals surface area contributed by atoms with Crippen molar-refractivity contribution in [3.8, 4) is 0 Å². The first kappa shape index (κ1) is 21.9. The van der Waals surface area contributed by atoms with E-state index in [0.717, 1.165) is 62.4 Å². The fourth-order valence-corrected chi connectivity index (χ4v) is 4.66. The number of pyridine rings is 1. The number of rotatable bonds is 6. The topological polar surface area (TPSA) is 36.4 Å². The lowest BCUT2D eigenvalue weighted by Crippen LogP contribution is -2.39. The minimum Gasteiger partial charge on any atom is -0.376 e. The normalized spacial score (nSPS) is 23.8. The van der Waals surface area contributed by atoms with E-state index in [2.05, 4.69) is 22.5 Å². The molecule has 1 N–H and O–H groups in total. The summed E-state index contributed by atoms with van der Waals surface area (Å²) in [5.41, 5.74) is -0.203. The monoisotopic (exact) mass is 430 g/mol. The zero-order valence-electron chi connectivity index (χ0n) is 17.8. The van der Waals surface area contributed by atoms with Gasteiger partial charge in [-0.05, 0) is 68.7 Å². The lowest BCUT2D eigenvalue weighted by Gasteiger charge is -2.40. The highest BCUT2D eigenvalue weighted by molar-refractivity contribution is 5.63. The van der Waals surface area contributed by atoms with Crippen molar-refractivity contribution < 1.29 is 18.3 Å². The second-order valence-corrected chi connectivity index (χ2v) is 8.99. The van der Waals surface area contributed by atoms with Gasteiger partial charge in [0.25, 0.3) is 0 Å². The molecule has 0 radical (unpaired) electrons. The van der Waals surface area contributed by atoms with Crippen LogP contribution in [-0.4, -0.2) is 33.3 Å². The maximum atomic E-state index is 13.1. The summed E-state index contributed by atoms with van der Waals surface area (Å²) in [4.78, 5) is 6.91. The number of hydrogen-bond donors (Lipinski definition) is 1. The SMILES string of the molecule is C=C(c1ccc([C@@](C)(O)C(F)(F)F)cc1)N(C1CCC(c2ccccn2)CC1)C1CC1. The minimum atomic E-state index is -4.72. The Morgan fingerprint density at radius 1 is 0.968 bits per heavy atom. The first-order chi connectivity index (χ1) is 14.7. The van der Waals surface area contributed by atoms with Gasteiger partial charge in [-0.25, -0.2) is 0 Å². The van der Waals surface area contributed by atoms with E-state index in [1.165, 1.54) is 12.1 Å². The summed E-state index contributed by atoms with van der Waals surface area (Å²) in [6.07, 6.45) is 3.63. The van der Waals surface area contributed by atoms with Crippen LogP contribution in [0.3, 0.4) is 0 Å². The summed E-state index contributed by atoms with van der Waals surface area (Å²) in [5.74, 6) is 0.482. The number of halogens is 3. The van der Waals surface area contributed by atoms with Crippen molar-refractivity contribution in [3.05, 3.63) is 72.1 Å². The smallest absolute Gasteiger partial charge is 0.376 e. The zero-order chi connectivity index (χ0) is 22.2. The molecule has 1 atom stereocenters. The average Bonchev–Trinajstić information content (AvgIpc) is 3.59. The van der Waals surface area contributed by atoms with E-state index in [-0.39, 0.29) is 5.56 Å². The lowest BCUT2D eigenvalue weighted by atomic mass is 9.82. The van der Waals surface area contributed by atoms with Crippen LogP contribution < -0.4 is 0 Å². The molecule has 1 aromatic carbocycles. The Morgan fingerprint density at radius 3 is 2.03 bits per heavy atom. The summed E-state index contributed by atoms with van der Waals surface area (Å²) >= 11 is 0. The third-order valence-corrected chi connectivity index (χ3v) is 6.78. The molecule has 166 valence electrons. The zero-order valence-corrected chi connectivity index (χ0v) is 17.8. The van der Waals surface area contributed by atoms with Crippen LogP contribution in [-0.2, 0) is 5.60 Å². The number of benzene rings is 1. The van der Waals surface area contributed by atoms with Crippen LogP contribution in [0, 0.1) is 0 Å². The second kappa shape index (κ2) is 8.30. The van der Waals surface area contributed by atoms with E-state index in [9.17, 15) is 18.3 Å².